The third-order valence-electron chi connectivity index (χ3n) is 3.14. The predicted molar refractivity (Wildman–Crippen MR) is 91.2 cm³/mol. The van der Waals surface area contributed by atoms with Crippen LogP contribution >= 0.6 is 11.6 Å². The number of urea groups is 1. The third-order valence-corrected chi connectivity index (χ3v) is 3.38. The molecule has 1 aromatic carbocycles. The Morgan fingerprint density at radius 1 is 1.40 bits per heavy atom. The summed E-state index contributed by atoms with van der Waals surface area (Å²) >= 11 is 5.96. The smallest absolute Gasteiger partial charge is 0.319 e. The van der Waals surface area contributed by atoms with Crippen LogP contribution in [0.1, 0.15) is 31.5 Å². The van der Waals surface area contributed by atoms with Gasteiger partial charge in [-0.15, -0.1) is 0 Å². The van der Waals surface area contributed by atoms with Gasteiger partial charge in [-0.1, -0.05) is 17.7 Å². The van der Waals surface area contributed by atoms with Crippen LogP contribution in [0.15, 0.2) is 24.4 Å². The molecule has 0 unspecified atom stereocenters. The summed E-state index contributed by atoms with van der Waals surface area (Å²) < 4.78 is 32.6. The third kappa shape index (κ3) is 5.32. The molecule has 136 valence electrons. The maximum absolute atomic E-state index is 12.9. The molecule has 25 heavy (non-hydrogen) atoms. The fraction of sp³-hybridized carbons (Fsp3) is 0.375. The number of aryl methyl sites for hydroxylation is 1. The molecule has 1 heterocycles. The van der Waals surface area contributed by atoms with Crippen LogP contribution in [0.25, 0.3) is 0 Å². The summed E-state index contributed by atoms with van der Waals surface area (Å²) in [6, 6.07) is 4.45. The molecule has 0 saturated carbocycles. The number of rotatable bonds is 6. The van der Waals surface area contributed by atoms with Crippen LogP contribution in [0, 0.1) is 0 Å². The monoisotopic (exact) mass is 372 g/mol. The normalized spacial score (nSPS) is 11.0. The molecule has 0 aliphatic rings. The molecule has 1 aromatic heterocycles. The van der Waals surface area contributed by atoms with Gasteiger partial charge in [0.05, 0.1) is 11.8 Å². The molecule has 9 heteroatoms. The first-order valence-corrected chi connectivity index (χ1v) is 7.95. The summed E-state index contributed by atoms with van der Waals surface area (Å²) in [5.74, 6) is 0.553. The van der Waals surface area contributed by atoms with Gasteiger partial charge in [-0.05, 0) is 26.0 Å². The first kappa shape index (κ1) is 19.0. The lowest BCUT2D eigenvalue weighted by molar-refractivity contribution is 0.146. The van der Waals surface area contributed by atoms with Crippen molar-refractivity contribution in [2.45, 2.75) is 32.9 Å². The number of nitrogens with one attached hydrogen (secondary N) is 2. The average Bonchev–Trinajstić information content (AvgIpc) is 2.86. The second kappa shape index (κ2) is 8.15. The summed E-state index contributed by atoms with van der Waals surface area (Å²) in [5.41, 5.74) is 0.200. The number of nitrogens with zero attached hydrogens (tertiary/aromatic N) is 2. The van der Waals surface area contributed by atoms with Gasteiger partial charge in [0.1, 0.15) is 5.75 Å². The second-order valence-electron chi connectivity index (χ2n) is 5.63. The van der Waals surface area contributed by atoms with E-state index in [0.29, 0.717) is 16.3 Å². The van der Waals surface area contributed by atoms with Gasteiger partial charge in [0.15, 0.2) is 5.69 Å². The Hall–Kier alpha value is -2.35. The fourth-order valence-corrected chi connectivity index (χ4v) is 2.31. The number of alkyl halides is 2. The molecule has 2 amide bonds. The van der Waals surface area contributed by atoms with Crippen molar-refractivity contribution in [1.82, 2.24) is 15.1 Å². The number of halogens is 3. The molecule has 2 rings (SSSR count). The number of hydrogen-bond donors (Lipinski definition) is 2. The SMILES string of the molecule is CC(C)Oc1cc(Cl)ccc1CNC(=O)Nc1cn(C)nc1C(F)F. The molecule has 0 saturated heterocycles. The Bertz CT molecular complexity index is 750. The number of anilines is 1. The van der Waals surface area contributed by atoms with E-state index in [9.17, 15) is 13.6 Å². The zero-order valence-corrected chi connectivity index (χ0v) is 14.8. The van der Waals surface area contributed by atoms with Gasteiger partial charge in [0.2, 0.25) is 0 Å². The topological polar surface area (TPSA) is 68.2 Å². The highest BCUT2D eigenvalue weighted by atomic mass is 35.5. The maximum atomic E-state index is 12.9. The summed E-state index contributed by atoms with van der Waals surface area (Å²) in [6.07, 6.45) is -1.52. The van der Waals surface area contributed by atoms with E-state index in [2.05, 4.69) is 15.7 Å². The highest BCUT2D eigenvalue weighted by molar-refractivity contribution is 6.30. The Morgan fingerprint density at radius 3 is 2.76 bits per heavy atom. The molecule has 0 aliphatic heterocycles. The number of amides is 2. The number of ether oxygens (including phenoxy) is 1. The molecule has 0 fully saturated rings. The van der Waals surface area contributed by atoms with Crippen LogP contribution in [-0.2, 0) is 13.6 Å². The van der Waals surface area contributed by atoms with Crippen molar-refractivity contribution >= 4 is 23.3 Å². The lowest BCUT2D eigenvalue weighted by Crippen LogP contribution is -2.28. The van der Waals surface area contributed by atoms with Crippen LogP contribution in [-0.4, -0.2) is 21.9 Å². The van der Waals surface area contributed by atoms with E-state index >= 15 is 0 Å². The van der Waals surface area contributed by atoms with Crippen molar-refractivity contribution in [3.63, 3.8) is 0 Å². The standard InChI is InChI=1S/C16H19ClF2N4O2/c1-9(2)25-13-6-11(17)5-4-10(13)7-20-16(24)21-12-8-23(3)22-14(12)15(18)19/h4-6,8-9,15H,7H2,1-3H3,(H2,20,21,24). The first-order chi connectivity index (χ1) is 11.8. The van der Waals surface area contributed by atoms with Gasteiger partial charge in [0, 0.05) is 30.4 Å². The number of hydrogen-bond acceptors (Lipinski definition) is 3. The van der Waals surface area contributed by atoms with Crippen LogP contribution in [0.5, 0.6) is 5.75 Å². The summed E-state index contributed by atoms with van der Waals surface area (Å²) in [4.78, 5) is 12.0. The van der Waals surface area contributed by atoms with Crippen LogP contribution in [0.3, 0.4) is 0 Å². The summed E-state index contributed by atoms with van der Waals surface area (Å²) in [7, 11) is 1.50. The van der Waals surface area contributed by atoms with E-state index < -0.39 is 18.2 Å². The molecule has 2 N–H and O–H groups in total. The van der Waals surface area contributed by atoms with Gasteiger partial charge < -0.3 is 15.4 Å². The lowest BCUT2D eigenvalue weighted by Gasteiger charge is -2.15. The van der Waals surface area contributed by atoms with Crippen molar-refractivity contribution in [1.29, 1.82) is 0 Å². The molecular weight excluding hydrogens is 354 g/mol. The molecule has 0 atom stereocenters. The van der Waals surface area contributed by atoms with Crippen molar-refractivity contribution in [2.75, 3.05) is 5.32 Å². The highest BCUT2D eigenvalue weighted by Crippen LogP contribution is 2.26. The minimum Gasteiger partial charge on any atom is -0.491 e. The predicted octanol–water partition coefficient (Wildman–Crippen LogP) is 4.12. The van der Waals surface area contributed by atoms with E-state index in [1.165, 1.54) is 17.9 Å². The van der Waals surface area contributed by atoms with Crippen molar-refractivity contribution < 1.29 is 18.3 Å². The summed E-state index contributed by atoms with van der Waals surface area (Å²) in [6.45, 7) is 3.90. The fourth-order valence-electron chi connectivity index (χ4n) is 2.14. The van der Waals surface area contributed by atoms with Gasteiger partial charge in [-0.25, -0.2) is 13.6 Å². The summed E-state index contributed by atoms with van der Waals surface area (Å²) in [5, 5.41) is 9.12. The van der Waals surface area contributed by atoms with E-state index in [-0.39, 0.29) is 18.3 Å². The molecule has 0 radical (unpaired) electrons. The maximum Gasteiger partial charge on any atom is 0.319 e. The highest BCUT2D eigenvalue weighted by Gasteiger charge is 2.19. The minimum atomic E-state index is -2.78. The largest absolute Gasteiger partial charge is 0.491 e. The Balaban J connectivity index is 2.03. The van der Waals surface area contributed by atoms with Crippen molar-refractivity contribution in [3.8, 4) is 5.75 Å². The second-order valence-corrected chi connectivity index (χ2v) is 6.07. The molecule has 0 bridgehead atoms. The molecule has 0 spiro atoms. The molecule has 2 aromatic rings. The van der Waals surface area contributed by atoms with E-state index in [0.717, 1.165) is 0 Å². The number of benzene rings is 1. The number of carbonyl (C=O) groups is 1. The molecule has 0 aliphatic carbocycles. The van der Waals surface area contributed by atoms with Crippen molar-refractivity contribution in [2.24, 2.45) is 7.05 Å². The Kier molecular flexibility index (Phi) is 6.19. The Morgan fingerprint density at radius 2 is 2.12 bits per heavy atom. The lowest BCUT2D eigenvalue weighted by atomic mass is 10.2. The average molecular weight is 373 g/mol. The zero-order valence-electron chi connectivity index (χ0n) is 14.0. The molecule has 6 nitrogen and oxygen atoms in total. The van der Waals surface area contributed by atoms with Crippen molar-refractivity contribution in [3.05, 3.63) is 40.7 Å². The van der Waals surface area contributed by atoms with Gasteiger partial charge in [-0.3, -0.25) is 4.68 Å². The molecular formula is C16H19ClF2N4O2. The van der Waals surface area contributed by atoms with Crippen LogP contribution in [0.2, 0.25) is 5.02 Å². The number of carbonyl (C=O) groups excluding carboxylic acids is 1. The van der Waals surface area contributed by atoms with E-state index in [1.807, 2.05) is 13.8 Å². The van der Waals surface area contributed by atoms with Gasteiger partial charge in [-0.2, -0.15) is 5.10 Å². The van der Waals surface area contributed by atoms with E-state index in [1.54, 1.807) is 18.2 Å². The van der Waals surface area contributed by atoms with Gasteiger partial charge >= 0.3 is 6.03 Å². The minimum absolute atomic E-state index is 0.0373. The van der Waals surface area contributed by atoms with Crippen LogP contribution < -0.4 is 15.4 Å². The van der Waals surface area contributed by atoms with Crippen LogP contribution in [0.4, 0.5) is 19.3 Å². The first-order valence-electron chi connectivity index (χ1n) is 7.58. The number of aromatic nitrogens is 2. The Labute approximate surface area is 149 Å². The zero-order chi connectivity index (χ0) is 18.6. The van der Waals surface area contributed by atoms with E-state index in [4.69, 9.17) is 16.3 Å². The van der Waals surface area contributed by atoms with Gasteiger partial charge in [0.25, 0.3) is 6.43 Å². The quantitative estimate of drug-likeness (QED) is 0.801.